The minimum Gasteiger partial charge on any atom is -0.495 e. The van der Waals surface area contributed by atoms with E-state index in [9.17, 15) is 14.7 Å². The molecular weight excluding hydrogens is 468 g/mol. The number of halogens is 1. The van der Waals surface area contributed by atoms with Gasteiger partial charge in [0.25, 0.3) is 5.56 Å². The van der Waals surface area contributed by atoms with Gasteiger partial charge >= 0.3 is 5.97 Å². The Balaban J connectivity index is 1.28. The molecule has 0 spiro atoms. The van der Waals surface area contributed by atoms with E-state index >= 15 is 0 Å². The number of hydrogen-bond donors (Lipinski definition) is 1. The lowest BCUT2D eigenvalue weighted by atomic mass is 9.48. The molecule has 0 radical (unpaired) electrons. The van der Waals surface area contributed by atoms with Crippen LogP contribution in [0.15, 0.2) is 35.3 Å². The molecule has 1 saturated heterocycles. The molecule has 4 saturated carbocycles. The molecule has 9 heteroatoms. The molecule has 7 rings (SSSR count). The maximum absolute atomic E-state index is 13.6. The summed E-state index contributed by atoms with van der Waals surface area (Å²) in [4.78, 5) is 30.3. The summed E-state index contributed by atoms with van der Waals surface area (Å²) in [6, 6.07) is 7.96. The Bertz CT molecular complexity index is 1190. The summed E-state index contributed by atoms with van der Waals surface area (Å²) in [5.74, 6) is 0.513. The topological polar surface area (TPSA) is 87.9 Å². The van der Waals surface area contributed by atoms with Gasteiger partial charge in [-0.1, -0.05) is 23.7 Å². The number of carboxylic acid groups (broad SMARTS) is 1. The van der Waals surface area contributed by atoms with E-state index in [1.165, 1.54) is 4.68 Å². The lowest BCUT2D eigenvalue weighted by Crippen LogP contribution is -2.63. The van der Waals surface area contributed by atoms with Crippen LogP contribution in [0.25, 0.3) is 0 Å². The molecule has 1 aromatic heterocycles. The highest BCUT2D eigenvalue weighted by molar-refractivity contribution is 6.33. The van der Waals surface area contributed by atoms with Gasteiger partial charge in [-0.2, -0.15) is 5.10 Å². The average Bonchev–Trinajstić information content (AvgIpc) is 2.85. The first-order chi connectivity index (χ1) is 16.9. The molecule has 5 aliphatic rings. The van der Waals surface area contributed by atoms with Crippen LogP contribution in [0.3, 0.4) is 0 Å². The molecule has 2 heterocycles. The molecule has 4 bridgehead atoms. The van der Waals surface area contributed by atoms with Crippen molar-refractivity contribution in [1.82, 2.24) is 9.78 Å². The highest BCUT2D eigenvalue weighted by atomic mass is 35.5. The average molecular weight is 499 g/mol. The van der Waals surface area contributed by atoms with Crippen molar-refractivity contribution >= 4 is 28.9 Å². The summed E-state index contributed by atoms with van der Waals surface area (Å²) >= 11 is 6.70. The first-order valence-corrected chi connectivity index (χ1v) is 12.9. The fraction of sp³-hybridized carbons (Fsp3) is 0.577. The summed E-state index contributed by atoms with van der Waals surface area (Å²) in [6.07, 6.45) is 6.13. The highest BCUT2D eigenvalue weighted by Gasteiger charge is 2.61. The van der Waals surface area contributed by atoms with E-state index < -0.39 is 17.4 Å². The van der Waals surface area contributed by atoms with Crippen LogP contribution in [-0.4, -0.2) is 54.1 Å². The zero-order valence-corrected chi connectivity index (χ0v) is 20.7. The van der Waals surface area contributed by atoms with Crippen LogP contribution in [0.1, 0.15) is 32.1 Å². The molecular formula is C26H31ClN4O4. The zero-order valence-electron chi connectivity index (χ0n) is 19.9. The number of carbonyl (C=O) groups is 1. The van der Waals surface area contributed by atoms with Crippen molar-refractivity contribution in [3.8, 4) is 5.75 Å². The van der Waals surface area contributed by atoms with Gasteiger partial charge in [0.2, 0.25) is 0 Å². The standard InChI is InChI=1S/C26H31ClN4O4/c1-35-21-5-3-2-4-19(21)29-6-8-30(9-7-29)20-15-28-31(24(32)23(20)27)26-13-16-10-17(14-26)12-18(11-16)22(26)25(33)34/h2-5,15-18,22H,6-14H2,1H3,(H,33,34)/t16-,17-,18?,22-,26?/m0/s1. The van der Waals surface area contributed by atoms with E-state index in [0.29, 0.717) is 43.5 Å². The molecule has 3 atom stereocenters. The minimum atomic E-state index is -0.810. The van der Waals surface area contributed by atoms with E-state index in [2.05, 4.69) is 21.0 Å². The third kappa shape index (κ3) is 3.51. The fourth-order valence-corrected chi connectivity index (χ4v) is 8.02. The van der Waals surface area contributed by atoms with Crippen LogP contribution >= 0.6 is 11.6 Å². The second-order valence-electron chi connectivity index (χ2n) is 10.7. The quantitative estimate of drug-likeness (QED) is 0.675. The number of anilines is 2. The number of hydrogen-bond acceptors (Lipinski definition) is 6. The number of rotatable bonds is 5. The molecule has 1 N–H and O–H groups in total. The Morgan fingerprint density at radius 1 is 1.06 bits per heavy atom. The first kappa shape index (κ1) is 22.7. The Hall–Kier alpha value is -2.74. The third-order valence-corrected chi connectivity index (χ3v) is 9.26. The molecule has 5 fully saturated rings. The lowest BCUT2D eigenvalue weighted by Gasteiger charge is -2.59. The van der Waals surface area contributed by atoms with Crippen molar-refractivity contribution in [2.24, 2.45) is 23.7 Å². The van der Waals surface area contributed by atoms with Crippen molar-refractivity contribution in [3.05, 3.63) is 45.8 Å². The summed E-state index contributed by atoms with van der Waals surface area (Å²) in [5, 5.41) is 14.9. The van der Waals surface area contributed by atoms with Crippen LogP contribution in [0, 0.1) is 23.7 Å². The van der Waals surface area contributed by atoms with Crippen molar-refractivity contribution in [2.75, 3.05) is 43.1 Å². The molecule has 0 amide bonds. The van der Waals surface area contributed by atoms with Gasteiger partial charge in [-0.25, -0.2) is 4.68 Å². The van der Waals surface area contributed by atoms with E-state index in [-0.39, 0.29) is 16.5 Å². The minimum absolute atomic E-state index is 0.119. The number of benzene rings is 1. The Morgan fingerprint density at radius 2 is 1.69 bits per heavy atom. The third-order valence-electron chi connectivity index (χ3n) is 8.91. The van der Waals surface area contributed by atoms with Crippen LogP contribution in [0.2, 0.25) is 5.02 Å². The van der Waals surface area contributed by atoms with Gasteiger partial charge in [0.1, 0.15) is 10.8 Å². The highest BCUT2D eigenvalue weighted by Crippen LogP contribution is 2.61. The molecule has 8 nitrogen and oxygen atoms in total. The second-order valence-corrected chi connectivity index (χ2v) is 11.1. The summed E-state index contributed by atoms with van der Waals surface area (Å²) in [7, 11) is 1.67. The molecule has 186 valence electrons. The molecule has 0 unspecified atom stereocenters. The Morgan fingerprint density at radius 3 is 2.31 bits per heavy atom. The number of ether oxygens (including phenoxy) is 1. The number of aliphatic carboxylic acids is 1. The first-order valence-electron chi connectivity index (χ1n) is 12.6. The summed E-state index contributed by atoms with van der Waals surface area (Å²) < 4.78 is 6.98. The number of piperazine rings is 1. The summed E-state index contributed by atoms with van der Waals surface area (Å²) in [5.41, 5.74) is 0.562. The van der Waals surface area contributed by atoms with Crippen molar-refractivity contribution in [3.63, 3.8) is 0 Å². The van der Waals surface area contributed by atoms with E-state index in [4.69, 9.17) is 16.3 Å². The largest absolute Gasteiger partial charge is 0.495 e. The molecule has 2 aromatic rings. The Labute approximate surface area is 209 Å². The number of carboxylic acids is 1. The van der Waals surface area contributed by atoms with Crippen molar-refractivity contribution < 1.29 is 14.6 Å². The second kappa shape index (κ2) is 8.43. The Kier molecular flexibility index (Phi) is 5.47. The summed E-state index contributed by atoms with van der Waals surface area (Å²) in [6.45, 7) is 2.90. The van der Waals surface area contributed by atoms with Gasteiger partial charge in [-0.15, -0.1) is 0 Å². The fourth-order valence-electron chi connectivity index (χ4n) is 7.77. The lowest BCUT2D eigenvalue weighted by molar-refractivity contribution is -0.168. The van der Waals surface area contributed by atoms with Gasteiger partial charge in [-0.05, 0) is 62.0 Å². The molecule has 35 heavy (non-hydrogen) atoms. The van der Waals surface area contributed by atoms with Crippen LogP contribution in [-0.2, 0) is 10.3 Å². The van der Waals surface area contributed by atoms with Gasteiger partial charge in [0, 0.05) is 26.2 Å². The van der Waals surface area contributed by atoms with Gasteiger partial charge in [0.05, 0.1) is 36.1 Å². The predicted octanol–water partition coefficient (Wildman–Crippen LogP) is 3.47. The normalized spacial score (nSPS) is 31.6. The van der Waals surface area contributed by atoms with Crippen LogP contribution in [0.5, 0.6) is 5.75 Å². The monoisotopic (exact) mass is 498 g/mol. The van der Waals surface area contributed by atoms with Gasteiger partial charge < -0.3 is 19.6 Å². The van der Waals surface area contributed by atoms with Crippen molar-refractivity contribution in [1.29, 1.82) is 0 Å². The molecule has 1 aliphatic heterocycles. The number of methoxy groups -OCH3 is 1. The maximum atomic E-state index is 13.6. The van der Waals surface area contributed by atoms with E-state index in [0.717, 1.165) is 43.8 Å². The molecule has 1 aromatic carbocycles. The number of nitrogens with zero attached hydrogens (tertiary/aromatic N) is 4. The van der Waals surface area contributed by atoms with E-state index in [1.54, 1.807) is 13.3 Å². The predicted molar refractivity (Wildman–Crippen MR) is 134 cm³/mol. The SMILES string of the molecule is COc1ccccc1N1CCN(c2cnn(C34C[C@@H]5CC(C[C@H](C5)C3)[C@H]4C(=O)O)c(=O)c2Cl)CC1. The van der Waals surface area contributed by atoms with Crippen molar-refractivity contribution in [2.45, 2.75) is 37.6 Å². The smallest absolute Gasteiger partial charge is 0.309 e. The van der Waals surface area contributed by atoms with E-state index in [1.807, 2.05) is 18.2 Å². The number of aromatic nitrogens is 2. The molecule has 4 aliphatic carbocycles. The maximum Gasteiger partial charge on any atom is 0.309 e. The zero-order chi connectivity index (χ0) is 24.3. The van der Waals surface area contributed by atoms with Crippen LogP contribution in [0.4, 0.5) is 11.4 Å². The number of para-hydroxylation sites is 2. The van der Waals surface area contributed by atoms with Gasteiger partial charge in [0.15, 0.2) is 0 Å². The van der Waals surface area contributed by atoms with Gasteiger partial charge in [-0.3, -0.25) is 9.59 Å². The van der Waals surface area contributed by atoms with Crippen LogP contribution < -0.4 is 20.1 Å².